The van der Waals surface area contributed by atoms with E-state index in [1.54, 1.807) is 6.33 Å². The Balaban J connectivity index is 1.44. The highest BCUT2D eigenvalue weighted by atomic mass is 32.2. The highest BCUT2D eigenvalue weighted by molar-refractivity contribution is 7.99. The highest BCUT2D eigenvalue weighted by Gasteiger charge is 2.73. The van der Waals surface area contributed by atoms with Crippen molar-refractivity contribution in [3.05, 3.63) is 18.1 Å². The molecule has 0 bridgehead atoms. The molecule has 2 aromatic rings. The van der Waals surface area contributed by atoms with Gasteiger partial charge in [-0.25, -0.2) is 4.98 Å². The van der Waals surface area contributed by atoms with Gasteiger partial charge in [0.1, 0.15) is 6.33 Å². The average Bonchev–Trinajstić information content (AvgIpc) is 2.88. The van der Waals surface area contributed by atoms with Crippen molar-refractivity contribution in [2.45, 2.75) is 49.8 Å². The Morgan fingerprint density at radius 3 is 3.09 bits per heavy atom. The summed E-state index contributed by atoms with van der Waals surface area (Å²) in [6.45, 7) is 3.11. The molecule has 3 aliphatic rings. The van der Waals surface area contributed by atoms with Gasteiger partial charge in [0.05, 0.1) is 12.2 Å². The minimum Gasteiger partial charge on any atom is -0.374 e. The second kappa shape index (κ2) is 4.45. The lowest BCUT2D eigenvalue weighted by Gasteiger charge is -2.45. The first-order chi connectivity index (χ1) is 10.8. The van der Waals surface area contributed by atoms with E-state index >= 15 is 0 Å². The molecule has 0 amide bonds. The van der Waals surface area contributed by atoms with Crippen molar-refractivity contribution in [2.75, 3.05) is 12.4 Å². The molecule has 1 spiro atoms. The summed E-state index contributed by atoms with van der Waals surface area (Å²) in [6, 6.07) is 2.03. The predicted octanol–water partition coefficient (Wildman–Crippen LogP) is 2.74. The van der Waals surface area contributed by atoms with Crippen LogP contribution in [-0.2, 0) is 11.2 Å². The lowest BCUT2D eigenvalue weighted by Crippen LogP contribution is -2.47. The molecular formula is C16H20N4OS. The molecule has 2 saturated carbocycles. The molecule has 3 heterocycles. The van der Waals surface area contributed by atoms with Gasteiger partial charge in [-0.3, -0.25) is 4.40 Å². The predicted molar refractivity (Wildman–Crippen MR) is 84.0 cm³/mol. The summed E-state index contributed by atoms with van der Waals surface area (Å²) in [4.78, 5) is 4.80. The van der Waals surface area contributed by atoms with Crippen LogP contribution in [0, 0.1) is 11.3 Å². The second-order valence-electron chi connectivity index (χ2n) is 6.95. The molecule has 116 valence electrons. The third-order valence-corrected chi connectivity index (χ3v) is 7.20. The van der Waals surface area contributed by atoms with Gasteiger partial charge in [0.15, 0.2) is 10.8 Å². The Labute approximate surface area is 133 Å². The summed E-state index contributed by atoms with van der Waals surface area (Å²) in [6.07, 6.45) is 7.90. The number of rotatable bonds is 4. The molecule has 0 radical (unpaired) electrons. The van der Waals surface area contributed by atoms with E-state index < -0.39 is 0 Å². The van der Waals surface area contributed by atoms with E-state index in [2.05, 4.69) is 17.1 Å². The number of hydrogen-bond donors (Lipinski definition) is 0. The van der Waals surface area contributed by atoms with E-state index in [1.807, 2.05) is 22.2 Å². The molecule has 5 rings (SSSR count). The maximum absolute atomic E-state index is 6.18. The smallest absolute Gasteiger partial charge is 0.175 e. The molecule has 0 N–H and O–H groups in total. The largest absolute Gasteiger partial charge is 0.374 e. The number of thioether (sulfide) groups is 1. The van der Waals surface area contributed by atoms with Gasteiger partial charge in [0.25, 0.3) is 0 Å². The summed E-state index contributed by atoms with van der Waals surface area (Å²) in [7, 11) is 0. The summed E-state index contributed by atoms with van der Waals surface area (Å²) >= 11 is 1.87. The number of ether oxygens (including phenoxy) is 1. The van der Waals surface area contributed by atoms with Crippen molar-refractivity contribution in [1.82, 2.24) is 19.6 Å². The summed E-state index contributed by atoms with van der Waals surface area (Å²) < 4.78 is 8.20. The topological polar surface area (TPSA) is 52.3 Å². The zero-order valence-electron chi connectivity index (χ0n) is 12.8. The van der Waals surface area contributed by atoms with Gasteiger partial charge in [-0.2, -0.15) is 0 Å². The van der Waals surface area contributed by atoms with Crippen LogP contribution in [0.15, 0.2) is 17.6 Å². The lowest BCUT2D eigenvalue weighted by molar-refractivity contribution is -0.105. The molecule has 2 aliphatic carbocycles. The zero-order chi connectivity index (χ0) is 14.8. The average molecular weight is 316 g/mol. The van der Waals surface area contributed by atoms with E-state index in [0.29, 0.717) is 5.41 Å². The van der Waals surface area contributed by atoms with Crippen LogP contribution < -0.4 is 0 Å². The number of fused-ring (bicyclic) bond motifs is 3. The molecule has 5 nitrogen and oxygen atoms in total. The van der Waals surface area contributed by atoms with Crippen molar-refractivity contribution >= 4 is 17.4 Å². The van der Waals surface area contributed by atoms with E-state index in [9.17, 15) is 0 Å². The Morgan fingerprint density at radius 1 is 1.45 bits per heavy atom. The number of aryl methyl sites for hydroxylation is 1. The Morgan fingerprint density at radius 2 is 2.36 bits per heavy atom. The van der Waals surface area contributed by atoms with Gasteiger partial charge in [0, 0.05) is 22.9 Å². The fraction of sp³-hybridized carbons (Fsp3) is 0.688. The first kappa shape index (κ1) is 13.3. The van der Waals surface area contributed by atoms with Crippen LogP contribution in [0.1, 0.15) is 38.3 Å². The van der Waals surface area contributed by atoms with Gasteiger partial charge < -0.3 is 4.74 Å². The fourth-order valence-corrected chi connectivity index (χ4v) is 5.80. The first-order valence-electron chi connectivity index (χ1n) is 8.23. The Bertz CT molecular complexity index is 741. The molecule has 0 aromatic carbocycles. The highest BCUT2D eigenvalue weighted by Crippen LogP contribution is 2.72. The van der Waals surface area contributed by atoms with E-state index in [4.69, 9.17) is 9.72 Å². The van der Waals surface area contributed by atoms with Crippen molar-refractivity contribution in [3.63, 3.8) is 0 Å². The van der Waals surface area contributed by atoms with Gasteiger partial charge in [-0.05, 0) is 38.0 Å². The summed E-state index contributed by atoms with van der Waals surface area (Å²) in [5.74, 6) is 1.90. The first-order valence-corrected chi connectivity index (χ1v) is 9.21. The van der Waals surface area contributed by atoms with Crippen LogP contribution in [-0.4, -0.2) is 37.5 Å². The van der Waals surface area contributed by atoms with Gasteiger partial charge in [-0.15, -0.1) is 10.2 Å². The minimum absolute atomic E-state index is 0.208. The molecule has 6 heteroatoms. The zero-order valence-corrected chi connectivity index (χ0v) is 13.6. The van der Waals surface area contributed by atoms with E-state index in [0.717, 1.165) is 41.2 Å². The third kappa shape index (κ3) is 1.62. The molecule has 1 aliphatic heterocycles. The van der Waals surface area contributed by atoms with Crippen LogP contribution in [0.5, 0.6) is 0 Å². The molecule has 0 unspecified atom stereocenters. The Hall–Kier alpha value is -1.14. The maximum atomic E-state index is 6.18. The molecule has 2 aromatic heterocycles. The molecule has 2 atom stereocenters. The quantitative estimate of drug-likeness (QED) is 0.641. The SMILES string of the molecule is CCc1cc2nncn2c(SC[C@]23C[C@H]2COC32CCC2)n1. The third-order valence-electron chi connectivity index (χ3n) is 6.00. The van der Waals surface area contributed by atoms with Gasteiger partial charge >= 0.3 is 0 Å². The van der Waals surface area contributed by atoms with Crippen LogP contribution in [0.25, 0.3) is 5.65 Å². The van der Waals surface area contributed by atoms with Gasteiger partial charge in [0.2, 0.25) is 0 Å². The normalized spacial score (nSPS) is 31.4. The Kier molecular flexibility index (Phi) is 2.69. The van der Waals surface area contributed by atoms with Crippen LogP contribution in [0.2, 0.25) is 0 Å². The summed E-state index contributed by atoms with van der Waals surface area (Å²) in [5, 5.41) is 9.25. The number of nitrogens with zero attached hydrogens (tertiary/aromatic N) is 4. The molecular weight excluding hydrogens is 296 g/mol. The van der Waals surface area contributed by atoms with Crippen molar-refractivity contribution in [3.8, 4) is 0 Å². The van der Waals surface area contributed by atoms with Crippen LogP contribution in [0.4, 0.5) is 0 Å². The van der Waals surface area contributed by atoms with E-state index in [-0.39, 0.29) is 5.60 Å². The van der Waals surface area contributed by atoms with Crippen molar-refractivity contribution in [2.24, 2.45) is 11.3 Å². The van der Waals surface area contributed by atoms with Crippen molar-refractivity contribution < 1.29 is 4.74 Å². The maximum Gasteiger partial charge on any atom is 0.175 e. The van der Waals surface area contributed by atoms with Gasteiger partial charge in [-0.1, -0.05) is 18.7 Å². The second-order valence-corrected chi connectivity index (χ2v) is 7.89. The monoisotopic (exact) mass is 316 g/mol. The number of hydrogen-bond acceptors (Lipinski definition) is 5. The minimum atomic E-state index is 0.208. The molecule has 1 saturated heterocycles. The van der Waals surface area contributed by atoms with E-state index in [1.165, 1.54) is 25.7 Å². The molecule has 22 heavy (non-hydrogen) atoms. The van der Waals surface area contributed by atoms with Crippen LogP contribution >= 0.6 is 11.8 Å². The summed E-state index contributed by atoms with van der Waals surface area (Å²) in [5.41, 5.74) is 2.62. The van der Waals surface area contributed by atoms with Crippen molar-refractivity contribution in [1.29, 1.82) is 0 Å². The fourth-order valence-electron chi connectivity index (χ4n) is 4.33. The molecule has 3 fully saturated rings. The number of aromatic nitrogens is 4. The van der Waals surface area contributed by atoms with Crippen LogP contribution in [0.3, 0.4) is 0 Å². The lowest BCUT2D eigenvalue weighted by atomic mass is 9.69. The standard InChI is InChI=1S/C16H20N4OS/c1-2-12-6-13-19-17-10-20(13)14(18-12)22-9-15-7-11(15)8-21-16(15)4-3-5-16/h6,10-11H,2-5,7-9H2,1H3/t11-,15+/m0/s1.